The van der Waals surface area contributed by atoms with Crippen molar-refractivity contribution < 1.29 is 17.9 Å². The summed E-state index contributed by atoms with van der Waals surface area (Å²) in [5, 5.41) is 0.952. The number of para-hydroxylation sites is 1. The highest BCUT2D eigenvalue weighted by Crippen LogP contribution is 2.37. The standard InChI is InChI=1S/C22H19ClN4O4S2/c1-27(15-6-4-3-5-7-15)33(29,30)16-10-8-14(9-11-16)21(28)25-26-22-24-19-18(31-2)13-12-17(23)20(19)32-22/h3-13H,1-2H3,(H,24,26)(H,25,28). The fourth-order valence-corrected chi connectivity index (χ4v) is 5.37. The zero-order valence-corrected chi connectivity index (χ0v) is 20.0. The molecule has 1 amide bonds. The van der Waals surface area contributed by atoms with Crippen molar-refractivity contribution in [3.05, 3.63) is 77.3 Å². The molecule has 0 radical (unpaired) electrons. The largest absolute Gasteiger partial charge is 0.494 e. The first-order valence-corrected chi connectivity index (χ1v) is 12.3. The van der Waals surface area contributed by atoms with Crippen molar-refractivity contribution in [3.63, 3.8) is 0 Å². The number of methoxy groups -OCH3 is 1. The Morgan fingerprint density at radius 2 is 1.76 bits per heavy atom. The Hall–Kier alpha value is -3.34. The third-order valence-corrected chi connectivity index (χ3v) is 8.09. The van der Waals surface area contributed by atoms with Gasteiger partial charge in [0.2, 0.25) is 5.13 Å². The molecule has 170 valence electrons. The van der Waals surface area contributed by atoms with E-state index >= 15 is 0 Å². The van der Waals surface area contributed by atoms with Gasteiger partial charge in [0.15, 0.2) is 0 Å². The van der Waals surface area contributed by atoms with Gasteiger partial charge >= 0.3 is 0 Å². The lowest BCUT2D eigenvalue weighted by Gasteiger charge is -2.19. The number of halogens is 1. The van der Waals surface area contributed by atoms with Crippen LogP contribution in [0, 0.1) is 0 Å². The molecular weight excluding hydrogens is 484 g/mol. The third-order valence-electron chi connectivity index (χ3n) is 4.86. The third kappa shape index (κ3) is 4.58. The fraction of sp³-hybridized carbons (Fsp3) is 0.0909. The van der Waals surface area contributed by atoms with E-state index in [4.69, 9.17) is 16.3 Å². The smallest absolute Gasteiger partial charge is 0.269 e. The van der Waals surface area contributed by atoms with Gasteiger partial charge in [-0.15, -0.1) is 0 Å². The lowest BCUT2D eigenvalue weighted by atomic mass is 10.2. The number of carbonyl (C=O) groups excluding carboxylic acids is 1. The van der Waals surface area contributed by atoms with Gasteiger partial charge < -0.3 is 4.74 Å². The molecule has 1 aromatic heterocycles. The van der Waals surface area contributed by atoms with Crippen molar-refractivity contribution in [2.24, 2.45) is 0 Å². The van der Waals surface area contributed by atoms with Crippen LogP contribution < -0.4 is 19.9 Å². The molecule has 1 heterocycles. The van der Waals surface area contributed by atoms with Crippen LogP contribution in [-0.4, -0.2) is 33.5 Å². The number of hydrogen-bond acceptors (Lipinski definition) is 7. The molecule has 0 unspecified atom stereocenters. The van der Waals surface area contributed by atoms with E-state index in [0.29, 0.717) is 27.1 Å². The van der Waals surface area contributed by atoms with Crippen LogP contribution in [0.4, 0.5) is 10.8 Å². The van der Waals surface area contributed by atoms with Crippen LogP contribution >= 0.6 is 22.9 Å². The van der Waals surface area contributed by atoms with E-state index < -0.39 is 15.9 Å². The zero-order chi connectivity index (χ0) is 23.6. The Balaban J connectivity index is 1.47. The van der Waals surface area contributed by atoms with Gasteiger partial charge in [-0.3, -0.25) is 20.0 Å². The SMILES string of the molecule is COc1ccc(Cl)c2sc(NNC(=O)c3ccc(S(=O)(=O)N(C)c4ccccc4)cc3)nc12. The summed E-state index contributed by atoms with van der Waals surface area (Å²) in [5.74, 6) is 0.120. The van der Waals surface area contributed by atoms with E-state index in [1.165, 1.54) is 47.0 Å². The Morgan fingerprint density at radius 3 is 2.42 bits per heavy atom. The van der Waals surface area contributed by atoms with Crippen molar-refractivity contribution in [2.45, 2.75) is 4.90 Å². The van der Waals surface area contributed by atoms with Crippen molar-refractivity contribution in [1.82, 2.24) is 10.4 Å². The minimum absolute atomic E-state index is 0.0753. The number of aromatic nitrogens is 1. The summed E-state index contributed by atoms with van der Waals surface area (Å²) in [6.45, 7) is 0. The van der Waals surface area contributed by atoms with Gasteiger partial charge in [0.05, 0.1) is 27.4 Å². The van der Waals surface area contributed by atoms with Gasteiger partial charge in [-0.1, -0.05) is 41.1 Å². The molecule has 0 aliphatic rings. The molecule has 33 heavy (non-hydrogen) atoms. The molecule has 2 N–H and O–H groups in total. The zero-order valence-electron chi connectivity index (χ0n) is 17.6. The van der Waals surface area contributed by atoms with Crippen LogP contribution in [-0.2, 0) is 10.0 Å². The molecule has 0 atom stereocenters. The van der Waals surface area contributed by atoms with Gasteiger partial charge in [-0.05, 0) is 48.5 Å². The molecule has 0 aliphatic carbocycles. The average Bonchev–Trinajstić information content (AvgIpc) is 3.28. The minimum Gasteiger partial charge on any atom is -0.494 e. The summed E-state index contributed by atoms with van der Waals surface area (Å²) >= 11 is 7.48. The van der Waals surface area contributed by atoms with Gasteiger partial charge in [0.25, 0.3) is 15.9 Å². The maximum absolute atomic E-state index is 12.9. The van der Waals surface area contributed by atoms with E-state index in [1.807, 2.05) is 6.07 Å². The van der Waals surface area contributed by atoms with Crippen molar-refractivity contribution in [1.29, 1.82) is 0 Å². The fourth-order valence-electron chi connectivity index (χ4n) is 3.07. The number of sulfonamides is 1. The summed E-state index contributed by atoms with van der Waals surface area (Å²) in [5.41, 5.74) is 6.72. The summed E-state index contributed by atoms with van der Waals surface area (Å²) in [6, 6.07) is 17.9. The molecule has 0 fully saturated rings. The van der Waals surface area contributed by atoms with E-state index in [2.05, 4.69) is 15.8 Å². The highest BCUT2D eigenvalue weighted by atomic mass is 35.5. The molecule has 8 nitrogen and oxygen atoms in total. The quantitative estimate of drug-likeness (QED) is 0.360. The first kappa shape index (κ1) is 22.8. The Bertz CT molecular complexity index is 1410. The number of nitrogens with one attached hydrogen (secondary N) is 2. The first-order chi connectivity index (χ1) is 15.8. The topological polar surface area (TPSA) is 101 Å². The predicted molar refractivity (Wildman–Crippen MR) is 131 cm³/mol. The highest BCUT2D eigenvalue weighted by molar-refractivity contribution is 7.92. The predicted octanol–water partition coefficient (Wildman–Crippen LogP) is 4.54. The second-order valence-electron chi connectivity index (χ2n) is 6.86. The minimum atomic E-state index is -3.76. The Morgan fingerprint density at radius 1 is 1.06 bits per heavy atom. The molecule has 11 heteroatoms. The van der Waals surface area contributed by atoms with Crippen LogP contribution in [0.2, 0.25) is 5.02 Å². The Labute approximate surface area is 199 Å². The van der Waals surface area contributed by atoms with Crippen LogP contribution in [0.25, 0.3) is 10.2 Å². The second-order valence-corrected chi connectivity index (χ2v) is 10.2. The van der Waals surface area contributed by atoms with E-state index in [-0.39, 0.29) is 10.5 Å². The number of anilines is 2. The van der Waals surface area contributed by atoms with Crippen LogP contribution in [0.5, 0.6) is 5.75 Å². The van der Waals surface area contributed by atoms with Crippen molar-refractivity contribution >= 4 is 59.9 Å². The lowest BCUT2D eigenvalue weighted by molar-refractivity contribution is 0.0962. The molecule has 4 aromatic rings. The van der Waals surface area contributed by atoms with E-state index in [0.717, 1.165) is 4.70 Å². The van der Waals surface area contributed by atoms with Gasteiger partial charge in [0, 0.05) is 12.6 Å². The summed E-state index contributed by atoms with van der Waals surface area (Å²) in [4.78, 5) is 17.0. The number of ether oxygens (including phenoxy) is 1. The highest BCUT2D eigenvalue weighted by Gasteiger charge is 2.21. The normalized spacial score (nSPS) is 11.2. The molecule has 0 saturated carbocycles. The molecular formula is C22H19ClN4O4S2. The number of nitrogens with zero attached hydrogens (tertiary/aromatic N) is 2. The number of hydrazine groups is 1. The van der Waals surface area contributed by atoms with E-state index in [1.54, 1.807) is 43.5 Å². The number of hydrogen-bond donors (Lipinski definition) is 2. The van der Waals surface area contributed by atoms with Crippen LogP contribution in [0.15, 0.2) is 71.6 Å². The number of thiazole rings is 1. The molecule has 0 bridgehead atoms. The first-order valence-electron chi connectivity index (χ1n) is 9.64. The van der Waals surface area contributed by atoms with Gasteiger partial charge in [-0.25, -0.2) is 13.4 Å². The van der Waals surface area contributed by atoms with Crippen molar-refractivity contribution in [2.75, 3.05) is 23.9 Å². The number of fused-ring (bicyclic) bond motifs is 1. The monoisotopic (exact) mass is 502 g/mol. The number of carbonyl (C=O) groups is 1. The average molecular weight is 503 g/mol. The summed E-state index contributed by atoms with van der Waals surface area (Å²) < 4.78 is 33.0. The summed E-state index contributed by atoms with van der Waals surface area (Å²) in [6.07, 6.45) is 0. The maximum Gasteiger partial charge on any atom is 0.269 e. The maximum atomic E-state index is 12.9. The van der Waals surface area contributed by atoms with Crippen molar-refractivity contribution in [3.8, 4) is 5.75 Å². The molecule has 0 aliphatic heterocycles. The van der Waals surface area contributed by atoms with Crippen LogP contribution in [0.3, 0.4) is 0 Å². The second kappa shape index (κ2) is 9.26. The van der Waals surface area contributed by atoms with Gasteiger partial charge in [0.1, 0.15) is 11.3 Å². The Kier molecular flexibility index (Phi) is 6.41. The lowest BCUT2D eigenvalue weighted by Crippen LogP contribution is -2.29. The van der Waals surface area contributed by atoms with E-state index in [9.17, 15) is 13.2 Å². The molecule has 4 rings (SSSR count). The van der Waals surface area contributed by atoms with Crippen LogP contribution in [0.1, 0.15) is 10.4 Å². The number of amides is 1. The molecule has 3 aromatic carbocycles. The molecule has 0 saturated heterocycles. The van der Waals surface area contributed by atoms with Gasteiger partial charge in [-0.2, -0.15) is 0 Å². The summed E-state index contributed by atoms with van der Waals surface area (Å²) in [7, 11) is -0.741. The molecule has 0 spiro atoms. The number of rotatable bonds is 7. The number of benzene rings is 3.